The third kappa shape index (κ3) is 4.30. The number of rotatable bonds is 5. The predicted octanol–water partition coefficient (Wildman–Crippen LogP) is 3.14. The Morgan fingerprint density at radius 1 is 1.26 bits per heavy atom. The summed E-state index contributed by atoms with van der Waals surface area (Å²) in [4.78, 5) is 20.4. The molecule has 1 unspecified atom stereocenters. The molecule has 1 amide bonds. The first-order valence-corrected chi connectivity index (χ1v) is 11.1. The summed E-state index contributed by atoms with van der Waals surface area (Å²) in [6, 6.07) is 5.61. The molecule has 0 fully saturated rings. The fourth-order valence-electron chi connectivity index (χ4n) is 3.31. The van der Waals surface area contributed by atoms with Gasteiger partial charge in [0.2, 0.25) is 16.0 Å². The second-order valence-electron chi connectivity index (χ2n) is 6.88. The maximum atomic E-state index is 13.6. The molecule has 1 aromatic carbocycles. The van der Waals surface area contributed by atoms with E-state index >= 15 is 0 Å². The Bertz CT molecular complexity index is 1340. The number of hydrogen-bond donors (Lipinski definition) is 2. The first-order chi connectivity index (χ1) is 14.7. The Morgan fingerprint density at radius 3 is 2.68 bits per heavy atom. The van der Waals surface area contributed by atoms with Gasteiger partial charge in [-0.1, -0.05) is 23.8 Å². The molecule has 0 aliphatic heterocycles. The number of halogens is 2. The molecular formula is C20H17ClFN5O3S. The van der Waals surface area contributed by atoms with Crippen LogP contribution in [0.25, 0.3) is 10.9 Å². The number of carbonyl (C=O) groups is 1. The Morgan fingerprint density at radius 2 is 2.00 bits per heavy atom. The average Bonchev–Trinajstić information content (AvgIpc) is 3.05. The first-order valence-electron chi connectivity index (χ1n) is 9.17. The van der Waals surface area contributed by atoms with Gasteiger partial charge in [0.25, 0.3) is 5.91 Å². The van der Waals surface area contributed by atoms with Crippen molar-refractivity contribution < 1.29 is 17.6 Å². The van der Waals surface area contributed by atoms with Gasteiger partial charge in [-0.25, -0.2) is 22.8 Å². The minimum Gasteiger partial charge on any atom is -0.338 e. The number of nitrogens with zero attached hydrogens (tertiary/aromatic N) is 3. The lowest BCUT2D eigenvalue weighted by molar-refractivity contribution is 0.0959. The van der Waals surface area contributed by atoms with E-state index < -0.39 is 27.0 Å². The van der Waals surface area contributed by atoms with Crippen molar-refractivity contribution in [2.24, 2.45) is 7.05 Å². The molecule has 2 aromatic heterocycles. The van der Waals surface area contributed by atoms with E-state index in [9.17, 15) is 17.6 Å². The first kappa shape index (κ1) is 21.0. The highest BCUT2D eigenvalue weighted by molar-refractivity contribution is 7.93. The zero-order valence-corrected chi connectivity index (χ0v) is 17.8. The number of benzene rings is 1. The van der Waals surface area contributed by atoms with E-state index in [2.05, 4.69) is 20.0 Å². The molecule has 3 aromatic rings. The molecule has 1 aliphatic carbocycles. The molecule has 1 atom stereocenters. The molecule has 0 saturated carbocycles. The molecule has 1 aliphatic rings. The second-order valence-corrected chi connectivity index (χ2v) is 9.19. The number of amides is 1. The standard InChI is InChI=1S/C20H17ClFN5O3S/c1-27-17(10-12-9-13(22)11-16(21)18(12)27)19(28)25-14-3-5-15(6-4-14)31(29,30)26-20-23-7-2-8-24-20/h2-5,7-11,15H,6H2,1H3,(H,25,28)(H,23,24,26). The van der Waals surface area contributed by atoms with Crippen molar-refractivity contribution in [1.82, 2.24) is 19.9 Å². The molecule has 0 spiro atoms. The predicted molar refractivity (Wildman–Crippen MR) is 116 cm³/mol. The molecule has 0 radical (unpaired) electrons. The highest BCUT2D eigenvalue weighted by Gasteiger charge is 2.25. The van der Waals surface area contributed by atoms with Crippen LogP contribution in [-0.2, 0) is 17.1 Å². The van der Waals surface area contributed by atoms with E-state index in [1.807, 2.05) is 0 Å². The SMILES string of the molecule is Cn1c(C(=O)NC2=CCC(S(=O)(=O)Nc3ncccn3)C=C2)cc2cc(F)cc(Cl)c21. The summed E-state index contributed by atoms with van der Waals surface area (Å²) in [5, 5.41) is 2.60. The van der Waals surface area contributed by atoms with Gasteiger partial charge in [0.05, 0.1) is 10.5 Å². The number of carbonyl (C=O) groups excluding carboxylic acids is 1. The fourth-order valence-corrected chi connectivity index (χ4v) is 4.79. The van der Waals surface area contributed by atoms with Crippen molar-refractivity contribution >= 4 is 44.4 Å². The zero-order chi connectivity index (χ0) is 22.2. The second kappa shape index (κ2) is 8.12. The number of allylic oxidation sites excluding steroid dienone is 2. The van der Waals surface area contributed by atoms with Crippen molar-refractivity contribution in [3.05, 3.63) is 77.1 Å². The number of anilines is 1. The smallest absolute Gasteiger partial charge is 0.272 e. The largest absolute Gasteiger partial charge is 0.338 e. The summed E-state index contributed by atoms with van der Waals surface area (Å²) in [5.41, 5.74) is 1.28. The van der Waals surface area contributed by atoms with Gasteiger partial charge in [0.1, 0.15) is 16.8 Å². The number of nitrogens with one attached hydrogen (secondary N) is 2. The van der Waals surface area contributed by atoms with Crippen LogP contribution < -0.4 is 10.0 Å². The molecule has 8 nitrogen and oxygen atoms in total. The lowest BCUT2D eigenvalue weighted by Crippen LogP contribution is -2.30. The van der Waals surface area contributed by atoms with Crippen LogP contribution >= 0.6 is 11.6 Å². The van der Waals surface area contributed by atoms with E-state index in [4.69, 9.17) is 11.6 Å². The molecule has 0 bridgehead atoms. The van der Waals surface area contributed by atoms with Crippen molar-refractivity contribution in [2.45, 2.75) is 11.7 Å². The van der Waals surface area contributed by atoms with Crippen molar-refractivity contribution in [3.8, 4) is 0 Å². The number of aromatic nitrogens is 3. The van der Waals surface area contributed by atoms with Crippen LogP contribution in [0, 0.1) is 5.82 Å². The van der Waals surface area contributed by atoms with Crippen LogP contribution in [0.4, 0.5) is 10.3 Å². The zero-order valence-electron chi connectivity index (χ0n) is 16.2. The van der Waals surface area contributed by atoms with Gasteiger partial charge >= 0.3 is 0 Å². The van der Waals surface area contributed by atoms with Gasteiger partial charge in [-0.05, 0) is 36.8 Å². The molecule has 160 valence electrons. The Balaban J connectivity index is 1.47. The van der Waals surface area contributed by atoms with E-state index in [1.165, 1.54) is 36.7 Å². The van der Waals surface area contributed by atoms with Gasteiger partial charge < -0.3 is 9.88 Å². The summed E-state index contributed by atoms with van der Waals surface area (Å²) < 4.78 is 42.5. The summed E-state index contributed by atoms with van der Waals surface area (Å²) in [6.45, 7) is 0. The molecular weight excluding hydrogens is 445 g/mol. The fraction of sp³-hybridized carbons (Fsp3) is 0.150. The van der Waals surface area contributed by atoms with Crippen LogP contribution in [-0.4, -0.2) is 34.1 Å². The molecule has 4 rings (SSSR count). The third-order valence-corrected chi connectivity index (χ3v) is 6.70. The summed E-state index contributed by atoms with van der Waals surface area (Å²) in [7, 11) is -2.09. The maximum Gasteiger partial charge on any atom is 0.272 e. The van der Waals surface area contributed by atoms with E-state index in [0.29, 0.717) is 16.6 Å². The van der Waals surface area contributed by atoms with Crippen molar-refractivity contribution in [2.75, 3.05) is 4.72 Å². The molecule has 2 heterocycles. The summed E-state index contributed by atoms with van der Waals surface area (Å²) >= 11 is 6.11. The summed E-state index contributed by atoms with van der Waals surface area (Å²) in [5.74, 6) is -0.928. The number of aryl methyl sites for hydroxylation is 1. The topological polar surface area (TPSA) is 106 Å². The van der Waals surface area contributed by atoms with Gasteiger partial charge in [-0.2, -0.15) is 0 Å². The lowest BCUT2D eigenvalue weighted by Gasteiger charge is -2.17. The van der Waals surface area contributed by atoms with Gasteiger partial charge in [0, 0.05) is 30.5 Å². The summed E-state index contributed by atoms with van der Waals surface area (Å²) in [6.07, 6.45) is 7.64. The number of hydrogen-bond acceptors (Lipinski definition) is 5. The van der Waals surface area contributed by atoms with Crippen LogP contribution in [0.2, 0.25) is 5.02 Å². The van der Waals surface area contributed by atoms with Crippen LogP contribution in [0.5, 0.6) is 0 Å². The van der Waals surface area contributed by atoms with Crippen molar-refractivity contribution in [3.63, 3.8) is 0 Å². The monoisotopic (exact) mass is 461 g/mol. The number of sulfonamides is 1. The Hall–Kier alpha value is -3.24. The van der Waals surface area contributed by atoms with Gasteiger partial charge in [0.15, 0.2) is 0 Å². The van der Waals surface area contributed by atoms with E-state index in [-0.39, 0.29) is 23.1 Å². The van der Waals surface area contributed by atoms with Gasteiger partial charge in [-0.15, -0.1) is 0 Å². The third-order valence-electron chi connectivity index (χ3n) is 4.80. The van der Waals surface area contributed by atoms with E-state index in [1.54, 1.807) is 29.8 Å². The van der Waals surface area contributed by atoms with Crippen LogP contribution in [0.1, 0.15) is 16.9 Å². The highest BCUT2D eigenvalue weighted by atomic mass is 35.5. The highest BCUT2D eigenvalue weighted by Crippen LogP contribution is 2.28. The molecule has 0 saturated heterocycles. The lowest BCUT2D eigenvalue weighted by atomic mass is 10.1. The molecule has 2 N–H and O–H groups in total. The Labute approximate surface area is 182 Å². The average molecular weight is 462 g/mol. The molecule has 31 heavy (non-hydrogen) atoms. The number of fused-ring (bicyclic) bond motifs is 1. The molecule has 11 heteroatoms. The quantitative estimate of drug-likeness (QED) is 0.607. The van der Waals surface area contributed by atoms with Gasteiger partial charge in [-0.3, -0.25) is 9.52 Å². The van der Waals surface area contributed by atoms with Crippen molar-refractivity contribution in [1.29, 1.82) is 0 Å². The normalized spacial score (nSPS) is 16.2. The minimum atomic E-state index is -3.75. The Kier molecular flexibility index (Phi) is 5.50. The van der Waals surface area contributed by atoms with Crippen LogP contribution in [0.15, 0.2) is 60.6 Å². The maximum absolute atomic E-state index is 13.6. The van der Waals surface area contributed by atoms with Crippen LogP contribution in [0.3, 0.4) is 0 Å². The van der Waals surface area contributed by atoms with E-state index in [0.717, 1.165) is 0 Å². The minimum absolute atomic E-state index is 0.00940.